The summed E-state index contributed by atoms with van der Waals surface area (Å²) in [5, 5.41) is 3.10. The van der Waals surface area contributed by atoms with Gasteiger partial charge >= 0.3 is 0 Å². The van der Waals surface area contributed by atoms with Crippen LogP contribution < -0.4 is 5.32 Å². The second kappa shape index (κ2) is 6.94. The molecule has 120 valence electrons. The van der Waals surface area contributed by atoms with E-state index in [1.807, 2.05) is 11.6 Å². The fourth-order valence-electron chi connectivity index (χ4n) is 2.76. The van der Waals surface area contributed by atoms with E-state index in [2.05, 4.69) is 12.2 Å². The molecule has 0 aromatic carbocycles. The van der Waals surface area contributed by atoms with Crippen molar-refractivity contribution in [2.75, 3.05) is 20.6 Å². The average molecular weight is 313 g/mol. The first-order chi connectivity index (χ1) is 9.98. The molecule has 0 radical (unpaired) electrons. The smallest absolute Gasteiger partial charge is 0.244 e. The zero-order valence-electron chi connectivity index (χ0n) is 13.3. The molecule has 0 saturated heterocycles. The van der Waals surface area contributed by atoms with Crippen LogP contribution >= 0.6 is 0 Å². The van der Waals surface area contributed by atoms with Gasteiger partial charge in [-0.3, -0.25) is 0 Å². The minimum atomic E-state index is -3.36. The Morgan fingerprint density at radius 1 is 1.43 bits per heavy atom. The van der Waals surface area contributed by atoms with Gasteiger partial charge in [-0.15, -0.1) is 0 Å². The number of hydrogen-bond acceptors (Lipinski definition) is 3. The summed E-state index contributed by atoms with van der Waals surface area (Å²) in [4.78, 5) is 0.419. The van der Waals surface area contributed by atoms with E-state index in [4.69, 9.17) is 0 Å². The van der Waals surface area contributed by atoms with E-state index in [0.29, 0.717) is 23.9 Å². The lowest BCUT2D eigenvalue weighted by molar-refractivity contribution is 0.263. The van der Waals surface area contributed by atoms with Crippen LogP contribution in [0.2, 0.25) is 0 Å². The Kier molecular flexibility index (Phi) is 5.46. The molecule has 6 heteroatoms. The maximum atomic E-state index is 12.7. The van der Waals surface area contributed by atoms with Crippen LogP contribution in [0.25, 0.3) is 0 Å². The normalized spacial score (nSPS) is 16.4. The van der Waals surface area contributed by atoms with E-state index in [1.165, 1.54) is 10.7 Å². The van der Waals surface area contributed by atoms with Crippen molar-refractivity contribution in [3.63, 3.8) is 0 Å². The summed E-state index contributed by atoms with van der Waals surface area (Å²) in [5.41, 5.74) is 1.02. The standard InChI is InChI=1S/C15H27N3O2S/c1-4-8-18-12-15(9-14(18)10-16-2)21(19,20)17(3)11-13-6-5-7-13/h9,12-13,16H,4-8,10-11H2,1-3H3. The van der Waals surface area contributed by atoms with Gasteiger partial charge in [-0.1, -0.05) is 13.3 Å². The third-order valence-electron chi connectivity index (χ3n) is 4.23. The third kappa shape index (κ3) is 3.67. The molecule has 1 fully saturated rings. The minimum absolute atomic E-state index is 0.419. The first-order valence-corrected chi connectivity index (χ1v) is 9.23. The zero-order chi connectivity index (χ0) is 15.5. The summed E-state index contributed by atoms with van der Waals surface area (Å²) < 4.78 is 28.9. The Labute approximate surface area is 128 Å². The predicted octanol–water partition coefficient (Wildman–Crippen LogP) is 2.04. The Bertz CT molecular complexity index is 538. The largest absolute Gasteiger partial charge is 0.349 e. The van der Waals surface area contributed by atoms with Crippen molar-refractivity contribution in [2.24, 2.45) is 5.92 Å². The number of nitrogens with zero attached hydrogens (tertiary/aromatic N) is 2. The molecule has 0 atom stereocenters. The predicted molar refractivity (Wildman–Crippen MR) is 84.6 cm³/mol. The van der Waals surface area contributed by atoms with E-state index in [0.717, 1.165) is 31.5 Å². The number of hydrogen-bond donors (Lipinski definition) is 1. The molecule has 1 saturated carbocycles. The molecule has 0 bridgehead atoms. The van der Waals surface area contributed by atoms with Crippen LogP contribution in [0.4, 0.5) is 0 Å². The Balaban J connectivity index is 2.19. The monoisotopic (exact) mass is 313 g/mol. The van der Waals surface area contributed by atoms with Gasteiger partial charge in [0.1, 0.15) is 4.90 Å². The van der Waals surface area contributed by atoms with Crippen molar-refractivity contribution in [1.82, 2.24) is 14.2 Å². The highest BCUT2D eigenvalue weighted by atomic mass is 32.2. The van der Waals surface area contributed by atoms with Gasteiger partial charge in [0.05, 0.1) is 0 Å². The summed E-state index contributed by atoms with van der Waals surface area (Å²) in [6.07, 6.45) is 6.31. The van der Waals surface area contributed by atoms with Crippen molar-refractivity contribution < 1.29 is 8.42 Å². The molecule has 0 unspecified atom stereocenters. The van der Waals surface area contributed by atoms with Gasteiger partial charge in [-0.05, 0) is 38.3 Å². The van der Waals surface area contributed by atoms with Crippen LogP contribution in [0.3, 0.4) is 0 Å². The zero-order valence-corrected chi connectivity index (χ0v) is 14.1. The Morgan fingerprint density at radius 3 is 2.67 bits per heavy atom. The van der Waals surface area contributed by atoms with Gasteiger partial charge in [0.2, 0.25) is 10.0 Å². The highest BCUT2D eigenvalue weighted by Gasteiger charge is 2.28. The van der Waals surface area contributed by atoms with Crippen LogP contribution in [-0.2, 0) is 23.1 Å². The molecular formula is C15H27N3O2S. The van der Waals surface area contributed by atoms with Crippen LogP contribution in [0.5, 0.6) is 0 Å². The summed E-state index contributed by atoms with van der Waals surface area (Å²) in [5.74, 6) is 0.541. The van der Waals surface area contributed by atoms with Crippen LogP contribution in [-0.4, -0.2) is 37.9 Å². The lowest BCUT2D eigenvalue weighted by atomic mass is 9.86. The molecule has 21 heavy (non-hydrogen) atoms. The molecule has 1 N–H and O–H groups in total. The van der Waals surface area contributed by atoms with Crippen molar-refractivity contribution in [3.05, 3.63) is 18.0 Å². The fourth-order valence-corrected chi connectivity index (χ4v) is 4.07. The van der Waals surface area contributed by atoms with E-state index in [1.54, 1.807) is 19.3 Å². The Morgan fingerprint density at radius 2 is 2.14 bits per heavy atom. The fraction of sp³-hybridized carbons (Fsp3) is 0.733. The maximum Gasteiger partial charge on any atom is 0.244 e. The van der Waals surface area contributed by atoms with E-state index in [9.17, 15) is 8.42 Å². The molecule has 1 aliphatic rings. The summed E-state index contributed by atoms with van der Waals surface area (Å²) in [6, 6.07) is 1.80. The van der Waals surface area contributed by atoms with Gasteiger partial charge < -0.3 is 9.88 Å². The number of sulfonamides is 1. The first-order valence-electron chi connectivity index (χ1n) is 7.79. The van der Waals surface area contributed by atoms with Crippen molar-refractivity contribution >= 4 is 10.0 Å². The highest BCUT2D eigenvalue weighted by Crippen LogP contribution is 2.28. The van der Waals surface area contributed by atoms with E-state index in [-0.39, 0.29) is 0 Å². The number of rotatable bonds is 8. The molecular weight excluding hydrogens is 286 g/mol. The quantitative estimate of drug-likeness (QED) is 0.799. The molecule has 1 heterocycles. The number of nitrogens with one attached hydrogen (secondary N) is 1. The molecule has 5 nitrogen and oxygen atoms in total. The van der Waals surface area contributed by atoms with E-state index < -0.39 is 10.0 Å². The summed E-state index contributed by atoms with van der Waals surface area (Å²) in [7, 11) is 0.208. The van der Waals surface area contributed by atoms with Gasteiger partial charge in [0, 0.05) is 38.6 Å². The minimum Gasteiger partial charge on any atom is -0.349 e. The van der Waals surface area contributed by atoms with E-state index >= 15 is 0 Å². The number of aromatic nitrogens is 1. The topological polar surface area (TPSA) is 54.3 Å². The van der Waals surface area contributed by atoms with Gasteiger partial charge in [-0.25, -0.2) is 12.7 Å². The van der Waals surface area contributed by atoms with Crippen LogP contribution in [0.15, 0.2) is 17.2 Å². The van der Waals surface area contributed by atoms with Gasteiger partial charge in [0.15, 0.2) is 0 Å². The average Bonchev–Trinajstić information content (AvgIpc) is 2.78. The van der Waals surface area contributed by atoms with Crippen LogP contribution in [0.1, 0.15) is 38.3 Å². The number of aryl methyl sites for hydroxylation is 1. The van der Waals surface area contributed by atoms with Crippen molar-refractivity contribution in [2.45, 2.75) is 50.6 Å². The third-order valence-corrected chi connectivity index (χ3v) is 6.02. The van der Waals surface area contributed by atoms with Gasteiger partial charge in [0.25, 0.3) is 0 Å². The molecule has 2 rings (SSSR count). The molecule has 1 aromatic heterocycles. The lowest BCUT2D eigenvalue weighted by Crippen LogP contribution is -2.34. The van der Waals surface area contributed by atoms with Crippen molar-refractivity contribution in [3.8, 4) is 0 Å². The maximum absolute atomic E-state index is 12.7. The van der Waals surface area contributed by atoms with Crippen molar-refractivity contribution in [1.29, 1.82) is 0 Å². The molecule has 1 aromatic rings. The second-order valence-electron chi connectivity index (χ2n) is 5.97. The molecule has 1 aliphatic carbocycles. The Hall–Kier alpha value is -0.850. The summed E-state index contributed by atoms with van der Waals surface area (Å²) in [6.45, 7) is 4.27. The van der Waals surface area contributed by atoms with Crippen LogP contribution in [0, 0.1) is 5.92 Å². The summed E-state index contributed by atoms with van der Waals surface area (Å²) >= 11 is 0. The lowest BCUT2D eigenvalue weighted by Gasteiger charge is -2.29. The molecule has 0 amide bonds. The highest BCUT2D eigenvalue weighted by molar-refractivity contribution is 7.89. The SMILES string of the molecule is CCCn1cc(S(=O)(=O)N(C)CC2CCC2)cc1CNC. The molecule has 0 spiro atoms. The van der Waals surface area contributed by atoms with Gasteiger partial charge in [-0.2, -0.15) is 0 Å². The molecule has 0 aliphatic heterocycles. The first kappa shape index (κ1) is 16.5. The second-order valence-corrected chi connectivity index (χ2v) is 8.02.